The maximum Gasteiger partial charge on any atom is 0.339 e. The number of hydrogen-bond acceptors (Lipinski definition) is 3. The van der Waals surface area contributed by atoms with Gasteiger partial charge in [0.15, 0.2) is 6.10 Å². The Hall–Kier alpha value is -3.64. The van der Waals surface area contributed by atoms with Gasteiger partial charge in [-0.15, -0.1) is 0 Å². The van der Waals surface area contributed by atoms with E-state index < -0.39 is 17.7 Å². The van der Waals surface area contributed by atoms with E-state index in [-0.39, 0.29) is 5.56 Å². The van der Waals surface area contributed by atoms with Crippen LogP contribution in [0.5, 0.6) is 0 Å². The molecule has 2 heterocycles. The molecule has 2 aromatic heterocycles. The normalized spacial score (nSPS) is 14.4. The molecule has 39 heavy (non-hydrogen) atoms. The number of fused-ring (bicyclic) bond motifs is 3. The van der Waals surface area contributed by atoms with Crippen molar-refractivity contribution in [2.24, 2.45) is 7.05 Å². The number of nitrogens with zero attached hydrogens (tertiary/aromatic N) is 2. The lowest BCUT2D eigenvalue weighted by Crippen LogP contribution is -2.33. The van der Waals surface area contributed by atoms with Crippen LogP contribution < -0.4 is 5.56 Å². The van der Waals surface area contributed by atoms with E-state index in [1.807, 2.05) is 52.0 Å². The number of aliphatic carboxylic acids is 1. The first-order valence-electron chi connectivity index (χ1n) is 13.8. The molecule has 4 aromatic rings. The third kappa shape index (κ3) is 5.06. The van der Waals surface area contributed by atoms with Gasteiger partial charge in [0.1, 0.15) is 5.52 Å². The van der Waals surface area contributed by atoms with Gasteiger partial charge in [-0.25, -0.2) is 4.79 Å². The zero-order chi connectivity index (χ0) is 28.1. The SMILES string of the molecule is Cc1ccc(Cn2c3c(c4c(-c5ccc(C)cc5)c(C(OC(C)(C)C)C(=O)O)n(C)c(=O)c42)CCCC3)cc1. The largest absolute Gasteiger partial charge is 0.479 e. The van der Waals surface area contributed by atoms with Gasteiger partial charge in [-0.05, 0) is 77.0 Å². The third-order valence-corrected chi connectivity index (χ3v) is 7.69. The number of benzene rings is 2. The van der Waals surface area contributed by atoms with E-state index in [1.165, 1.54) is 15.8 Å². The molecule has 1 N–H and O–H groups in total. The number of carbonyl (C=O) groups is 1. The molecule has 0 amide bonds. The third-order valence-electron chi connectivity index (χ3n) is 7.69. The van der Waals surface area contributed by atoms with Gasteiger partial charge in [-0.2, -0.15) is 0 Å². The van der Waals surface area contributed by atoms with Crippen LogP contribution >= 0.6 is 0 Å². The van der Waals surface area contributed by atoms with Crippen LogP contribution in [0.4, 0.5) is 0 Å². The molecule has 2 aromatic carbocycles. The van der Waals surface area contributed by atoms with Gasteiger partial charge in [0.2, 0.25) is 0 Å². The van der Waals surface area contributed by atoms with Crippen LogP contribution in [0.15, 0.2) is 53.3 Å². The minimum Gasteiger partial charge on any atom is -0.479 e. The van der Waals surface area contributed by atoms with Crippen molar-refractivity contribution < 1.29 is 14.6 Å². The Kier molecular flexibility index (Phi) is 7.02. The summed E-state index contributed by atoms with van der Waals surface area (Å²) in [6.07, 6.45) is 2.55. The van der Waals surface area contributed by atoms with E-state index in [2.05, 4.69) is 35.8 Å². The molecule has 0 saturated carbocycles. The molecule has 6 heteroatoms. The van der Waals surface area contributed by atoms with Gasteiger partial charge in [0.25, 0.3) is 5.56 Å². The lowest BCUT2D eigenvalue weighted by molar-refractivity contribution is -0.161. The van der Waals surface area contributed by atoms with Crippen LogP contribution in [-0.2, 0) is 36.0 Å². The summed E-state index contributed by atoms with van der Waals surface area (Å²) in [5.41, 5.74) is 7.57. The van der Waals surface area contributed by atoms with Gasteiger partial charge in [0, 0.05) is 30.2 Å². The molecule has 204 valence electrons. The topological polar surface area (TPSA) is 73.5 Å². The molecule has 1 aliphatic carbocycles. The first kappa shape index (κ1) is 26.9. The van der Waals surface area contributed by atoms with E-state index >= 15 is 0 Å². The minimum absolute atomic E-state index is 0.193. The van der Waals surface area contributed by atoms with Crippen LogP contribution in [-0.4, -0.2) is 25.8 Å². The highest BCUT2D eigenvalue weighted by Crippen LogP contribution is 2.42. The summed E-state index contributed by atoms with van der Waals surface area (Å²) in [5, 5.41) is 11.3. The zero-order valence-corrected chi connectivity index (χ0v) is 23.8. The number of pyridine rings is 1. The maximum absolute atomic E-state index is 14.3. The highest BCUT2D eigenvalue weighted by Gasteiger charge is 2.35. The second-order valence-corrected chi connectivity index (χ2v) is 11.9. The van der Waals surface area contributed by atoms with Crippen molar-refractivity contribution >= 4 is 16.9 Å². The fourth-order valence-electron chi connectivity index (χ4n) is 5.87. The van der Waals surface area contributed by atoms with Crippen LogP contribution in [0.25, 0.3) is 22.0 Å². The molecular weight excluding hydrogens is 488 g/mol. The first-order valence-corrected chi connectivity index (χ1v) is 13.8. The Labute approximate surface area is 229 Å². The second kappa shape index (κ2) is 10.2. The van der Waals surface area contributed by atoms with Crippen molar-refractivity contribution in [1.29, 1.82) is 0 Å². The van der Waals surface area contributed by atoms with Gasteiger partial charge < -0.3 is 19.0 Å². The van der Waals surface area contributed by atoms with Gasteiger partial charge >= 0.3 is 5.97 Å². The van der Waals surface area contributed by atoms with Gasteiger partial charge in [0.05, 0.1) is 11.3 Å². The van der Waals surface area contributed by atoms with Gasteiger partial charge in [-0.3, -0.25) is 4.79 Å². The Morgan fingerprint density at radius 1 is 0.974 bits per heavy atom. The van der Waals surface area contributed by atoms with Crippen molar-refractivity contribution in [2.75, 3.05) is 0 Å². The summed E-state index contributed by atoms with van der Waals surface area (Å²) < 4.78 is 9.85. The summed E-state index contributed by atoms with van der Waals surface area (Å²) in [6, 6.07) is 16.6. The molecule has 0 aliphatic heterocycles. The molecule has 1 atom stereocenters. The number of rotatable bonds is 6. The Morgan fingerprint density at radius 3 is 2.15 bits per heavy atom. The zero-order valence-electron chi connectivity index (χ0n) is 23.8. The van der Waals surface area contributed by atoms with E-state index in [0.29, 0.717) is 17.8 Å². The molecule has 1 aliphatic rings. The molecule has 0 saturated heterocycles. The number of carboxylic acid groups (broad SMARTS) is 1. The maximum atomic E-state index is 14.3. The minimum atomic E-state index is -1.30. The fraction of sp³-hybridized carbons (Fsp3) is 0.394. The summed E-state index contributed by atoms with van der Waals surface area (Å²) in [5.74, 6) is -1.11. The van der Waals surface area contributed by atoms with Crippen LogP contribution in [0, 0.1) is 13.8 Å². The summed E-state index contributed by atoms with van der Waals surface area (Å²) in [7, 11) is 1.68. The van der Waals surface area contributed by atoms with Crippen LogP contribution in [0.2, 0.25) is 0 Å². The number of aromatic nitrogens is 2. The lowest BCUT2D eigenvalue weighted by Gasteiger charge is -2.28. The van der Waals surface area contributed by atoms with Crippen molar-refractivity contribution in [3.8, 4) is 11.1 Å². The molecule has 0 spiro atoms. The molecule has 0 bridgehead atoms. The highest BCUT2D eigenvalue weighted by molar-refractivity contribution is 6.01. The average Bonchev–Trinajstić information content (AvgIpc) is 3.20. The average molecular weight is 527 g/mol. The Bertz CT molecular complexity index is 1600. The molecule has 6 nitrogen and oxygen atoms in total. The number of hydrogen-bond donors (Lipinski definition) is 1. The van der Waals surface area contributed by atoms with E-state index in [9.17, 15) is 14.7 Å². The van der Waals surface area contributed by atoms with Crippen molar-refractivity contribution in [2.45, 2.75) is 78.6 Å². The van der Waals surface area contributed by atoms with Crippen molar-refractivity contribution in [3.63, 3.8) is 0 Å². The fourth-order valence-corrected chi connectivity index (χ4v) is 5.87. The summed E-state index contributed by atoms with van der Waals surface area (Å²) in [4.78, 5) is 27.0. The number of aryl methyl sites for hydroxylation is 3. The summed E-state index contributed by atoms with van der Waals surface area (Å²) >= 11 is 0. The van der Waals surface area contributed by atoms with Crippen LogP contribution in [0.1, 0.15) is 73.4 Å². The monoisotopic (exact) mass is 526 g/mol. The standard InChI is InChI=1S/C33H38N2O4/c1-20-11-15-22(16-12-20)19-35-25-10-8-7-9-24(25)27-26(23-17-13-21(2)14-18-23)28(34(6)31(36)29(27)35)30(32(37)38)39-33(3,4)5/h11-18,30H,7-10,19H2,1-6H3,(H,37,38). The van der Waals surface area contributed by atoms with Gasteiger partial charge in [-0.1, -0.05) is 59.7 Å². The highest BCUT2D eigenvalue weighted by atomic mass is 16.5. The predicted octanol–water partition coefficient (Wildman–Crippen LogP) is 6.49. The Morgan fingerprint density at radius 2 is 1.56 bits per heavy atom. The Balaban J connectivity index is 1.91. The molecule has 1 unspecified atom stereocenters. The molecule has 0 radical (unpaired) electrons. The molecule has 0 fully saturated rings. The number of ether oxygens (including phenoxy) is 1. The predicted molar refractivity (Wildman–Crippen MR) is 155 cm³/mol. The quantitative estimate of drug-likeness (QED) is 0.312. The summed E-state index contributed by atoms with van der Waals surface area (Å²) in [6.45, 7) is 10.2. The van der Waals surface area contributed by atoms with Crippen molar-refractivity contribution in [3.05, 3.63) is 92.5 Å². The van der Waals surface area contributed by atoms with E-state index in [4.69, 9.17) is 4.74 Å². The number of carboxylic acids is 1. The lowest BCUT2D eigenvalue weighted by atomic mass is 9.89. The molecule has 5 rings (SSSR count). The first-order chi connectivity index (χ1) is 18.5. The van der Waals surface area contributed by atoms with E-state index in [1.54, 1.807) is 7.05 Å². The molecular formula is C33H38N2O4. The second-order valence-electron chi connectivity index (χ2n) is 11.9. The van der Waals surface area contributed by atoms with Crippen LogP contribution in [0.3, 0.4) is 0 Å². The van der Waals surface area contributed by atoms with E-state index in [0.717, 1.165) is 58.9 Å². The van der Waals surface area contributed by atoms with Crippen molar-refractivity contribution in [1.82, 2.24) is 9.13 Å². The smallest absolute Gasteiger partial charge is 0.339 e.